The highest BCUT2D eigenvalue weighted by Gasteiger charge is 2.43. The van der Waals surface area contributed by atoms with Crippen molar-refractivity contribution in [3.8, 4) is 0 Å². The molecule has 2 fully saturated rings. The molecule has 0 bridgehead atoms. The van der Waals surface area contributed by atoms with Gasteiger partial charge in [-0.1, -0.05) is 13.3 Å². The Kier molecular flexibility index (Phi) is 3.50. The molecule has 0 aromatic carbocycles. The van der Waals surface area contributed by atoms with Crippen molar-refractivity contribution >= 4 is 5.91 Å². The Morgan fingerprint density at radius 3 is 2.88 bits per heavy atom. The molecule has 2 rings (SSSR count). The molecule has 1 aliphatic heterocycles. The minimum Gasteiger partial charge on any atom is -0.393 e. The molecule has 16 heavy (non-hydrogen) atoms. The van der Waals surface area contributed by atoms with Crippen LogP contribution in [0.25, 0.3) is 0 Å². The molecule has 4 nitrogen and oxygen atoms in total. The molecule has 0 aromatic rings. The molecule has 1 saturated carbocycles. The normalized spacial score (nSPS) is 35.2. The fourth-order valence-corrected chi connectivity index (χ4v) is 3.09. The molecule has 4 atom stereocenters. The van der Waals surface area contributed by atoms with Crippen molar-refractivity contribution in [3.05, 3.63) is 0 Å². The van der Waals surface area contributed by atoms with Crippen molar-refractivity contribution in [2.75, 3.05) is 13.1 Å². The molecular formula is C12H22N2O2. The van der Waals surface area contributed by atoms with Crippen molar-refractivity contribution in [1.29, 1.82) is 0 Å². The number of hydrogen-bond acceptors (Lipinski definition) is 3. The average Bonchev–Trinajstić information content (AvgIpc) is 2.81. The molecule has 0 radical (unpaired) electrons. The van der Waals surface area contributed by atoms with Gasteiger partial charge >= 0.3 is 0 Å². The number of nitrogens with zero attached hydrogens (tertiary/aromatic N) is 1. The first kappa shape index (κ1) is 11.9. The second kappa shape index (κ2) is 4.72. The highest BCUT2D eigenvalue weighted by Crippen LogP contribution is 2.38. The minimum atomic E-state index is -0.346. The number of aliphatic hydroxyl groups is 1. The molecule has 1 heterocycles. The maximum Gasteiger partial charge on any atom is 0.239 e. The Morgan fingerprint density at radius 1 is 1.50 bits per heavy atom. The number of rotatable bonds is 3. The van der Waals surface area contributed by atoms with E-state index in [2.05, 4.69) is 0 Å². The van der Waals surface area contributed by atoms with Crippen LogP contribution in [-0.4, -0.2) is 41.1 Å². The SMILES string of the molecule is CCC[C@@H](N)C(=O)N1CC2CCC(O)C2C1. The molecule has 0 aromatic heterocycles. The predicted molar refractivity (Wildman–Crippen MR) is 61.7 cm³/mol. The van der Waals surface area contributed by atoms with Gasteiger partial charge in [0.25, 0.3) is 0 Å². The number of carbonyl (C=O) groups excluding carboxylic acids is 1. The van der Waals surface area contributed by atoms with E-state index in [0.717, 1.165) is 32.2 Å². The van der Waals surface area contributed by atoms with Crippen molar-refractivity contribution in [2.45, 2.75) is 44.8 Å². The first-order valence-electron chi connectivity index (χ1n) is 6.36. The van der Waals surface area contributed by atoms with E-state index < -0.39 is 0 Å². The van der Waals surface area contributed by atoms with Crippen LogP contribution in [0.3, 0.4) is 0 Å². The summed E-state index contributed by atoms with van der Waals surface area (Å²) < 4.78 is 0. The number of hydrogen-bond donors (Lipinski definition) is 2. The van der Waals surface area contributed by atoms with Gasteiger partial charge in [0.15, 0.2) is 0 Å². The fourth-order valence-electron chi connectivity index (χ4n) is 3.09. The number of carbonyl (C=O) groups is 1. The lowest BCUT2D eigenvalue weighted by atomic mass is 10.00. The van der Waals surface area contributed by atoms with E-state index in [1.807, 2.05) is 11.8 Å². The Morgan fingerprint density at radius 2 is 2.25 bits per heavy atom. The molecule has 3 N–H and O–H groups in total. The number of fused-ring (bicyclic) bond motifs is 1. The zero-order valence-corrected chi connectivity index (χ0v) is 9.93. The zero-order valence-electron chi connectivity index (χ0n) is 9.93. The summed E-state index contributed by atoms with van der Waals surface area (Å²) in [6.45, 7) is 3.55. The first-order valence-corrected chi connectivity index (χ1v) is 6.36. The van der Waals surface area contributed by atoms with Crippen LogP contribution in [0, 0.1) is 11.8 Å². The third kappa shape index (κ3) is 2.09. The summed E-state index contributed by atoms with van der Waals surface area (Å²) in [4.78, 5) is 13.9. The first-order chi connectivity index (χ1) is 7.63. The smallest absolute Gasteiger partial charge is 0.239 e. The Balaban J connectivity index is 1.91. The van der Waals surface area contributed by atoms with Crippen LogP contribution in [0.2, 0.25) is 0 Å². The maximum absolute atomic E-state index is 12.0. The van der Waals surface area contributed by atoms with E-state index in [1.165, 1.54) is 0 Å². The van der Waals surface area contributed by atoms with Crippen molar-refractivity contribution in [3.63, 3.8) is 0 Å². The summed E-state index contributed by atoms with van der Waals surface area (Å²) in [5.41, 5.74) is 5.84. The maximum atomic E-state index is 12.0. The topological polar surface area (TPSA) is 66.6 Å². The summed E-state index contributed by atoms with van der Waals surface area (Å²) in [5.74, 6) is 0.883. The molecular weight excluding hydrogens is 204 g/mol. The van der Waals surface area contributed by atoms with Crippen LogP contribution in [0.4, 0.5) is 0 Å². The van der Waals surface area contributed by atoms with Crippen molar-refractivity contribution in [2.24, 2.45) is 17.6 Å². The van der Waals surface area contributed by atoms with E-state index in [4.69, 9.17) is 5.73 Å². The quantitative estimate of drug-likeness (QED) is 0.729. The Labute approximate surface area is 96.8 Å². The van der Waals surface area contributed by atoms with Crippen LogP contribution >= 0.6 is 0 Å². The van der Waals surface area contributed by atoms with Crippen molar-refractivity contribution < 1.29 is 9.90 Å². The van der Waals surface area contributed by atoms with E-state index in [0.29, 0.717) is 18.4 Å². The Bertz CT molecular complexity index is 270. The number of nitrogens with two attached hydrogens (primary N) is 1. The van der Waals surface area contributed by atoms with Gasteiger partial charge in [0.05, 0.1) is 12.1 Å². The van der Waals surface area contributed by atoms with Gasteiger partial charge in [0.2, 0.25) is 5.91 Å². The standard InChI is InChI=1S/C12H22N2O2/c1-2-3-10(13)12(16)14-6-8-4-5-11(15)9(8)7-14/h8-11,15H,2-7,13H2,1H3/t8?,9?,10-,11?/m1/s1. The van der Waals surface area contributed by atoms with Crippen molar-refractivity contribution in [1.82, 2.24) is 4.90 Å². The van der Waals surface area contributed by atoms with Gasteiger partial charge in [-0.15, -0.1) is 0 Å². The third-order valence-electron chi connectivity index (χ3n) is 4.05. The van der Waals surface area contributed by atoms with E-state index in [-0.39, 0.29) is 18.1 Å². The second-order valence-corrected chi connectivity index (χ2v) is 5.21. The highest BCUT2D eigenvalue weighted by molar-refractivity contribution is 5.81. The molecule has 1 saturated heterocycles. The number of aliphatic hydroxyl groups excluding tert-OH is 1. The molecule has 1 amide bonds. The molecule has 2 aliphatic rings. The summed E-state index contributed by atoms with van der Waals surface area (Å²) in [6.07, 6.45) is 3.45. The molecule has 1 aliphatic carbocycles. The predicted octanol–water partition coefficient (Wildman–Crippen LogP) is 0.343. The van der Waals surface area contributed by atoms with E-state index in [9.17, 15) is 9.90 Å². The molecule has 3 unspecified atom stereocenters. The lowest BCUT2D eigenvalue weighted by Crippen LogP contribution is -2.43. The summed E-state index contributed by atoms with van der Waals surface area (Å²) >= 11 is 0. The van der Waals surface area contributed by atoms with E-state index >= 15 is 0 Å². The van der Waals surface area contributed by atoms with Gasteiger partial charge in [0, 0.05) is 19.0 Å². The van der Waals surface area contributed by atoms with Gasteiger partial charge in [-0.05, 0) is 25.2 Å². The van der Waals surface area contributed by atoms with Gasteiger partial charge in [-0.25, -0.2) is 0 Å². The van der Waals surface area contributed by atoms with E-state index in [1.54, 1.807) is 0 Å². The highest BCUT2D eigenvalue weighted by atomic mass is 16.3. The van der Waals surface area contributed by atoms with Crippen LogP contribution in [0.15, 0.2) is 0 Å². The zero-order chi connectivity index (χ0) is 11.7. The fraction of sp³-hybridized carbons (Fsp3) is 0.917. The van der Waals surface area contributed by atoms with Gasteiger partial charge in [0.1, 0.15) is 0 Å². The molecule has 0 spiro atoms. The largest absolute Gasteiger partial charge is 0.393 e. The molecule has 4 heteroatoms. The second-order valence-electron chi connectivity index (χ2n) is 5.21. The minimum absolute atomic E-state index is 0.0726. The van der Waals surface area contributed by atoms with Crippen LogP contribution < -0.4 is 5.73 Å². The Hall–Kier alpha value is -0.610. The summed E-state index contributed by atoms with van der Waals surface area (Å²) in [5, 5.41) is 9.77. The number of likely N-dealkylation sites (tertiary alicyclic amines) is 1. The monoisotopic (exact) mass is 226 g/mol. The lowest BCUT2D eigenvalue weighted by Gasteiger charge is -2.22. The van der Waals surface area contributed by atoms with Crippen LogP contribution in [-0.2, 0) is 4.79 Å². The average molecular weight is 226 g/mol. The summed E-state index contributed by atoms with van der Waals surface area (Å²) in [6, 6.07) is -0.346. The molecule has 92 valence electrons. The van der Waals surface area contributed by atoms with Gasteiger partial charge < -0.3 is 15.7 Å². The van der Waals surface area contributed by atoms with Crippen LogP contribution in [0.1, 0.15) is 32.6 Å². The van der Waals surface area contributed by atoms with Crippen LogP contribution in [0.5, 0.6) is 0 Å². The van der Waals surface area contributed by atoms with Gasteiger partial charge in [-0.3, -0.25) is 4.79 Å². The lowest BCUT2D eigenvalue weighted by molar-refractivity contribution is -0.132. The van der Waals surface area contributed by atoms with Gasteiger partial charge in [-0.2, -0.15) is 0 Å². The number of amides is 1. The summed E-state index contributed by atoms with van der Waals surface area (Å²) in [7, 11) is 0. The third-order valence-corrected chi connectivity index (χ3v) is 4.05.